The molecule has 0 amide bonds. The zero-order valence-electron chi connectivity index (χ0n) is 16.4. The average Bonchev–Trinajstić information content (AvgIpc) is 2.65. The van der Waals surface area contributed by atoms with Crippen LogP contribution in [0.25, 0.3) is 0 Å². The van der Waals surface area contributed by atoms with E-state index < -0.39 is 9.84 Å². The number of unbranched alkanes of at least 4 members (excludes halogenated alkanes) is 5. The van der Waals surface area contributed by atoms with Crippen molar-refractivity contribution in [1.82, 2.24) is 0 Å². The number of rotatable bonds is 11. The second-order valence-corrected chi connectivity index (χ2v) is 11.4. The van der Waals surface area contributed by atoms with Crippen molar-refractivity contribution in [2.75, 3.05) is 5.75 Å². The SMILES string of the molecule is CCCCCCCC=C(CS(=O)(=O)c1ccc(C)cc1)[Se]c1ccccc1. The van der Waals surface area contributed by atoms with E-state index in [-0.39, 0.29) is 20.7 Å². The molecule has 2 aromatic rings. The molecule has 0 radical (unpaired) electrons. The molecule has 0 spiro atoms. The van der Waals surface area contributed by atoms with Gasteiger partial charge in [0, 0.05) is 0 Å². The van der Waals surface area contributed by atoms with Crippen LogP contribution in [0.15, 0.2) is 70.0 Å². The molecule has 2 rings (SSSR count). The summed E-state index contributed by atoms with van der Waals surface area (Å²) in [5.41, 5.74) is 1.07. The molecule has 0 aliphatic heterocycles. The molecule has 2 nitrogen and oxygen atoms in total. The zero-order chi connectivity index (χ0) is 19.5. The second kappa shape index (κ2) is 11.5. The number of allylic oxidation sites excluding steroid dienone is 1. The standard InChI is InChI=1S/C23H30O2SSe/c1-3-4-5-6-7-9-14-23(27-22-12-10-8-11-13-22)19-26(24,25)21-17-15-20(2)16-18-21/h8,10-18H,3-7,9,19H2,1-2H3. The molecule has 0 aliphatic carbocycles. The van der Waals surface area contributed by atoms with Gasteiger partial charge in [0.15, 0.2) is 0 Å². The van der Waals surface area contributed by atoms with Crippen LogP contribution in [0.1, 0.15) is 51.0 Å². The van der Waals surface area contributed by atoms with Crippen LogP contribution in [0.4, 0.5) is 0 Å². The van der Waals surface area contributed by atoms with Gasteiger partial charge in [0.2, 0.25) is 0 Å². The zero-order valence-corrected chi connectivity index (χ0v) is 18.9. The molecular weight excluding hydrogens is 419 g/mol. The molecule has 0 unspecified atom stereocenters. The van der Waals surface area contributed by atoms with Crippen molar-refractivity contribution >= 4 is 29.3 Å². The monoisotopic (exact) mass is 450 g/mol. The van der Waals surface area contributed by atoms with Crippen LogP contribution in [-0.2, 0) is 9.84 Å². The molecule has 0 aromatic heterocycles. The third-order valence-corrected chi connectivity index (χ3v) is 8.75. The molecule has 4 heteroatoms. The van der Waals surface area contributed by atoms with Crippen molar-refractivity contribution in [3.05, 3.63) is 70.7 Å². The van der Waals surface area contributed by atoms with E-state index in [2.05, 4.69) is 25.1 Å². The topological polar surface area (TPSA) is 34.1 Å². The summed E-state index contributed by atoms with van der Waals surface area (Å²) in [6.45, 7) is 4.19. The third-order valence-electron chi connectivity index (χ3n) is 4.38. The first kappa shape index (κ1) is 21.9. The summed E-state index contributed by atoms with van der Waals surface area (Å²) in [5, 5.41) is 0. The van der Waals surface area contributed by atoms with E-state index in [0.717, 1.165) is 22.9 Å². The summed E-state index contributed by atoms with van der Waals surface area (Å²) in [7, 11) is -3.30. The summed E-state index contributed by atoms with van der Waals surface area (Å²) in [5.74, 6) is 0.125. The van der Waals surface area contributed by atoms with E-state index in [4.69, 9.17) is 0 Å². The Labute approximate surface area is 171 Å². The Morgan fingerprint density at radius 3 is 2.26 bits per heavy atom. The van der Waals surface area contributed by atoms with Crippen LogP contribution in [0.2, 0.25) is 0 Å². The molecule has 146 valence electrons. The predicted molar refractivity (Wildman–Crippen MR) is 117 cm³/mol. The molecule has 0 fully saturated rings. The van der Waals surface area contributed by atoms with Crippen LogP contribution in [0, 0.1) is 6.92 Å². The number of hydrogen-bond acceptors (Lipinski definition) is 2. The molecule has 27 heavy (non-hydrogen) atoms. The minimum atomic E-state index is -3.30. The quantitative estimate of drug-likeness (QED) is 0.356. The van der Waals surface area contributed by atoms with Gasteiger partial charge in [0.1, 0.15) is 0 Å². The fourth-order valence-corrected chi connectivity index (χ4v) is 7.09. The van der Waals surface area contributed by atoms with Crippen LogP contribution in [-0.4, -0.2) is 29.1 Å². The first-order chi connectivity index (χ1) is 13.0. The fourth-order valence-electron chi connectivity index (χ4n) is 2.80. The Kier molecular flexibility index (Phi) is 9.33. The Hall–Kier alpha value is -1.35. The predicted octanol–water partition coefficient (Wildman–Crippen LogP) is 5.04. The summed E-state index contributed by atoms with van der Waals surface area (Å²) in [6, 6.07) is 17.4. The maximum absolute atomic E-state index is 12.9. The molecule has 0 saturated carbocycles. The molecule has 0 bridgehead atoms. The summed E-state index contributed by atoms with van der Waals surface area (Å²) in [4.78, 5) is 0.422. The Bertz CT molecular complexity index is 809. The Morgan fingerprint density at radius 1 is 0.926 bits per heavy atom. The first-order valence-electron chi connectivity index (χ1n) is 9.72. The van der Waals surface area contributed by atoms with Gasteiger partial charge in [-0.05, 0) is 0 Å². The average molecular weight is 450 g/mol. The van der Waals surface area contributed by atoms with Gasteiger partial charge in [-0.2, -0.15) is 0 Å². The molecule has 0 saturated heterocycles. The van der Waals surface area contributed by atoms with Crippen molar-refractivity contribution in [2.24, 2.45) is 0 Å². The number of hydrogen-bond donors (Lipinski definition) is 0. The van der Waals surface area contributed by atoms with E-state index in [0.29, 0.717) is 4.90 Å². The second-order valence-electron chi connectivity index (χ2n) is 6.86. The summed E-state index contributed by atoms with van der Waals surface area (Å²) >= 11 is 0.0441. The first-order valence-corrected chi connectivity index (χ1v) is 13.1. The van der Waals surface area contributed by atoms with E-state index in [1.807, 2.05) is 37.3 Å². The van der Waals surface area contributed by atoms with Gasteiger partial charge in [-0.25, -0.2) is 0 Å². The minimum absolute atomic E-state index is 0.0441. The molecular formula is C23H30O2SSe. The summed E-state index contributed by atoms with van der Waals surface area (Å²) in [6.07, 6.45) is 9.31. The van der Waals surface area contributed by atoms with Gasteiger partial charge in [0.05, 0.1) is 0 Å². The number of benzene rings is 2. The Morgan fingerprint density at radius 2 is 1.59 bits per heavy atom. The molecule has 0 N–H and O–H groups in total. The molecule has 0 aliphatic rings. The Balaban J connectivity index is 2.09. The molecule has 0 heterocycles. The van der Waals surface area contributed by atoms with Crippen LogP contribution < -0.4 is 4.46 Å². The van der Waals surface area contributed by atoms with Crippen molar-refractivity contribution < 1.29 is 8.42 Å². The van der Waals surface area contributed by atoms with Gasteiger partial charge in [-0.15, -0.1) is 0 Å². The number of aryl methyl sites for hydroxylation is 1. The maximum atomic E-state index is 12.9. The van der Waals surface area contributed by atoms with E-state index >= 15 is 0 Å². The van der Waals surface area contributed by atoms with E-state index in [9.17, 15) is 8.42 Å². The van der Waals surface area contributed by atoms with Crippen molar-refractivity contribution in [1.29, 1.82) is 0 Å². The van der Waals surface area contributed by atoms with Gasteiger partial charge < -0.3 is 0 Å². The third kappa shape index (κ3) is 8.04. The van der Waals surface area contributed by atoms with Crippen molar-refractivity contribution in [3.63, 3.8) is 0 Å². The normalized spacial score (nSPS) is 12.3. The van der Waals surface area contributed by atoms with Crippen molar-refractivity contribution in [2.45, 2.75) is 57.3 Å². The van der Waals surface area contributed by atoms with E-state index in [1.54, 1.807) is 12.1 Å². The van der Waals surface area contributed by atoms with Crippen LogP contribution >= 0.6 is 0 Å². The van der Waals surface area contributed by atoms with Crippen molar-refractivity contribution in [3.8, 4) is 0 Å². The molecule has 0 atom stereocenters. The van der Waals surface area contributed by atoms with Gasteiger partial charge in [0.25, 0.3) is 0 Å². The fraction of sp³-hybridized carbons (Fsp3) is 0.391. The van der Waals surface area contributed by atoms with Gasteiger partial charge >= 0.3 is 171 Å². The number of sulfone groups is 1. The van der Waals surface area contributed by atoms with Crippen LogP contribution in [0.3, 0.4) is 0 Å². The summed E-state index contributed by atoms with van der Waals surface area (Å²) < 4.78 is 28.1. The molecule has 2 aromatic carbocycles. The van der Waals surface area contributed by atoms with Crippen LogP contribution in [0.5, 0.6) is 0 Å². The van der Waals surface area contributed by atoms with Gasteiger partial charge in [-0.1, -0.05) is 0 Å². The van der Waals surface area contributed by atoms with Gasteiger partial charge in [-0.3, -0.25) is 0 Å². The van der Waals surface area contributed by atoms with E-state index in [1.165, 1.54) is 30.1 Å².